The van der Waals surface area contributed by atoms with Crippen molar-refractivity contribution in [1.82, 2.24) is 19.4 Å². The van der Waals surface area contributed by atoms with Gasteiger partial charge in [-0.3, -0.25) is 14.4 Å². The van der Waals surface area contributed by atoms with Crippen LogP contribution in [0.2, 0.25) is 0 Å². The molecule has 0 radical (unpaired) electrons. The number of hydrogen-bond donors (Lipinski definition) is 1. The van der Waals surface area contributed by atoms with Crippen molar-refractivity contribution in [2.24, 2.45) is 0 Å². The van der Waals surface area contributed by atoms with Gasteiger partial charge in [-0.1, -0.05) is 36.4 Å². The van der Waals surface area contributed by atoms with Gasteiger partial charge in [0.2, 0.25) is 0 Å². The Bertz CT molecular complexity index is 1290. The van der Waals surface area contributed by atoms with Crippen LogP contribution in [0, 0.1) is 0 Å². The zero-order valence-corrected chi connectivity index (χ0v) is 15.9. The average molecular weight is 402 g/mol. The number of aliphatic carboxylic acids is 1. The Balaban J connectivity index is 1.80. The number of Topliss-reactive ketones (excluding diaryl/α,β-unsaturated/α-hetero) is 1. The number of carbonyl (C=O) groups excluding carboxylic acids is 1. The fourth-order valence-corrected chi connectivity index (χ4v) is 3.24. The van der Waals surface area contributed by atoms with Gasteiger partial charge in [0.05, 0.1) is 23.2 Å². The number of nitrogens with zero attached hydrogens (tertiary/aromatic N) is 4. The second kappa shape index (κ2) is 8.12. The van der Waals surface area contributed by atoms with Gasteiger partial charge in [-0.2, -0.15) is 10.2 Å². The molecule has 3 aromatic heterocycles. The summed E-state index contributed by atoms with van der Waals surface area (Å²) in [7, 11) is 0. The Kier molecular flexibility index (Phi) is 5.21. The number of carboxylic acids is 1. The molecular weight excluding hydrogens is 384 g/mol. The average Bonchev–Trinajstić information content (AvgIpc) is 3.14. The summed E-state index contributed by atoms with van der Waals surface area (Å²) in [5.74, 6) is -1.43. The van der Waals surface area contributed by atoms with Crippen LogP contribution < -0.4 is 5.56 Å². The van der Waals surface area contributed by atoms with Crippen molar-refractivity contribution in [3.05, 3.63) is 77.2 Å². The molecule has 0 aliphatic rings. The number of fused-ring (bicyclic) bond motifs is 1. The first-order chi connectivity index (χ1) is 14.5. The fraction of sp³-hybridized carbons (Fsp3) is 0.136. The largest absolute Gasteiger partial charge is 0.481 e. The highest BCUT2D eigenvalue weighted by Gasteiger charge is 2.18. The number of rotatable bonds is 7. The highest BCUT2D eigenvalue weighted by molar-refractivity contribution is 5.90. The van der Waals surface area contributed by atoms with Gasteiger partial charge < -0.3 is 5.11 Å². The van der Waals surface area contributed by atoms with Crippen molar-refractivity contribution in [2.45, 2.75) is 19.4 Å². The highest BCUT2D eigenvalue weighted by atomic mass is 16.4. The van der Waals surface area contributed by atoms with E-state index in [0.29, 0.717) is 11.4 Å². The molecule has 1 aromatic carbocycles. The van der Waals surface area contributed by atoms with Crippen LogP contribution in [0.4, 0.5) is 0 Å². The van der Waals surface area contributed by atoms with E-state index in [1.807, 2.05) is 54.7 Å². The van der Waals surface area contributed by atoms with Gasteiger partial charge in [-0.05, 0) is 18.2 Å². The highest BCUT2D eigenvalue weighted by Crippen LogP contribution is 2.33. The molecule has 0 bridgehead atoms. The van der Waals surface area contributed by atoms with E-state index < -0.39 is 11.5 Å². The molecule has 0 spiro atoms. The molecule has 150 valence electrons. The number of aromatic nitrogens is 4. The summed E-state index contributed by atoms with van der Waals surface area (Å²) in [5.41, 5.74) is 3.23. The van der Waals surface area contributed by atoms with Gasteiger partial charge in [0.1, 0.15) is 12.2 Å². The number of hydrogen-bond acceptors (Lipinski definition) is 5. The maximum Gasteiger partial charge on any atom is 0.303 e. The zero-order chi connectivity index (χ0) is 21.1. The monoisotopic (exact) mass is 402 g/mol. The minimum absolute atomic E-state index is 0.153. The summed E-state index contributed by atoms with van der Waals surface area (Å²) in [6.07, 6.45) is 1.40. The second-order valence-corrected chi connectivity index (χ2v) is 6.77. The molecule has 4 rings (SSSR count). The van der Waals surface area contributed by atoms with Crippen LogP contribution in [0.1, 0.15) is 12.8 Å². The Hall–Kier alpha value is -4.07. The summed E-state index contributed by atoms with van der Waals surface area (Å²) in [5, 5.41) is 17.8. The third kappa shape index (κ3) is 3.88. The molecule has 1 N–H and O–H groups in total. The van der Waals surface area contributed by atoms with Crippen molar-refractivity contribution in [3.8, 4) is 22.5 Å². The maximum absolute atomic E-state index is 12.2. The minimum Gasteiger partial charge on any atom is -0.481 e. The predicted octanol–water partition coefficient (Wildman–Crippen LogP) is 2.66. The van der Waals surface area contributed by atoms with Crippen LogP contribution in [0.15, 0.2) is 71.7 Å². The molecule has 0 aliphatic carbocycles. The molecule has 8 nitrogen and oxygen atoms in total. The summed E-state index contributed by atoms with van der Waals surface area (Å²) in [4.78, 5) is 35.0. The summed E-state index contributed by atoms with van der Waals surface area (Å²) >= 11 is 0. The van der Waals surface area contributed by atoms with E-state index in [2.05, 4.69) is 10.2 Å². The first-order valence-electron chi connectivity index (χ1n) is 9.38. The lowest BCUT2D eigenvalue weighted by molar-refractivity contribution is -0.138. The molecule has 0 unspecified atom stereocenters. The third-order valence-corrected chi connectivity index (χ3v) is 4.65. The Morgan fingerprint density at radius 3 is 2.43 bits per heavy atom. The quantitative estimate of drug-likeness (QED) is 0.509. The van der Waals surface area contributed by atoms with E-state index in [-0.39, 0.29) is 25.2 Å². The van der Waals surface area contributed by atoms with Gasteiger partial charge in [0.15, 0.2) is 5.78 Å². The smallest absolute Gasteiger partial charge is 0.303 e. The van der Waals surface area contributed by atoms with Gasteiger partial charge in [0, 0.05) is 24.2 Å². The SMILES string of the molecule is O=C(O)CCC(=O)Cn1nc(-c2c(-c3ccccc3)nn3ccccc23)ccc1=O. The molecule has 3 heterocycles. The van der Waals surface area contributed by atoms with E-state index in [0.717, 1.165) is 21.3 Å². The number of carbonyl (C=O) groups is 2. The van der Waals surface area contributed by atoms with Crippen LogP contribution in [0.3, 0.4) is 0 Å². The van der Waals surface area contributed by atoms with Crippen molar-refractivity contribution in [1.29, 1.82) is 0 Å². The van der Waals surface area contributed by atoms with Crippen molar-refractivity contribution in [2.75, 3.05) is 0 Å². The maximum atomic E-state index is 12.2. The van der Waals surface area contributed by atoms with E-state index in [1.54, 1.807) is 10.6 Å². The lowest BCUT2D eigenvalue weighted by Crippen LogP contribution is -2.26. The molecule has 0 atom stereocenters. The molecular formula is C22H18N4O4. The number of pyridine rings is 1. The summed E-state index contributed by atoms with van der Waals surface area (Å²) < 4.78 is 2.81. The first-order valence-corrected chi connectivity index (χ1v) is 9.38. The topological polar surface area (TPSA) is 107 Å². The van der Waals surface area contributed by atoms with Gasteiger partial charge >= 0.3 is 5.97 Å². The molecule has 4 aromatic rings. The van der Waals surface area contributed by atoms with E-state index in [9.17, 15) is 14.4 Å². The minimum atomic E-state index is -1.06. The normalized spacial score (nSPS) is 10.9. The second-order valence-electron chi connectivity index (χ2n) is 6.77. The lowest BCUT2D eigenvalue weighted by Gasteiger charge is -2.07. The Labute approximate surface area is 171 Å². The third-order valence-electron chi connectivity index (χ3n) is 4.65. The lowest BCUT2D eigenvalue weighted by atomic mass is 10.0. The first kappa shape index (κ1) is 19.3. The number of carboxylic acid groups (broad SMARTS) is 1. The van der Waals surface area contributed by atoms with Crippen LogP contribution in [0.25, 0.3) is 28.0 Å². The Morgan fingerprint density at radius 2 is 1.67 bits per heavy atom. The standard InChI is InChI=1S/C22H18N4O4/c27-16(9-12-20(29)30)14-26-19(28)11-10-17(23-26)21-18-8-4-5-13-25(18)24-22(21)15-6-2-1-3-7-15/h1-8,10-11,13H,9,12,14H2,(H,29,30). The van der Waals surface area contributed by atoms with Crippen LogP contribution in [-0.2, 0) is 16.1 Å². The molecule has 30 heavy (non-hydrogen) atoms. The van der Waals surface area contributed by atoms with Crippen molar-refractivity contribution >= 4 is 17.3 Å². The van der Waals surface area contributed by atoms with Crippen LogP contribution >= 0.6 is 0 Å². The molecule has 0 fully saturated rings. The van der Waals surface area contributed by atoms with Crippen LogP contribution in [0.5, 0.6) is 0 Å². The van der Waals surface area contributed by atoms with Gasteiger partial charge in [-0.25, -0.2) is 9.20 Å². The van der Waals surface area contributed by atoms with E-state index in [1.165, 1.54) is 6.07 Å². The summed E-state index contributed by atoms with van der Waals surface area (Å²) in [6.45, 7) is -0.278. The predicted molar refractivity (Wildman–Crippen MR) is 110 cm³/mol. The van der Waals surface area contributed by atoms with E-state index >= 15 is 0 Å². The molecule has 0 amide bonds. The van der Waals surface area contributed by atoms with Crippen LogP contribution in [-0.4, -0.2) is 36.3 Å². The fourth-order valence-electron chi connectivity index (χ4n) is 3.24. The number of benzene rings is 1. The molecule has 0 saturated carbocycles. The van der Waals surface area contributed by atoms with Crippen molar-refractivity contribution in [3.63, 3.8) is 0 Å². The molecule has 8 heteroatoms. The van der Waals surface area contributed by atoms with Gasteiger partial charge in [-0.15, -0.1) is 0 Å². The Morgan fingerprint density at radius 1 is 0.900 bits per heavy atom. The van der Waals surface area contributed by atoms with Crippen molar-refractivity contribution < 1.29 is 14.7 Å². The molecule has 0 aliphatic heterocycles. The number of ketones is 1. The zero-order valence-electron chi connectivity index (χ0n) is 15.9. The van der Waals surface area contributed by atoms with Gasteiger partial charge in [0.25, 0.3) is 5.56 Å². The summed E-state index contributed by atoms with van der Waals surface area (Å²) in [6, 6.07) is 18.3. The van der Waals surface area contributed by atoms with E-state index in [4.69, 9.17) is 5.11 Å². The molecule has 0 saturated heterocycles.